The lowest BCUT2D eigenvalue weighted by molar-refractivity contribution is -0.123. The number of aryl methyl sites for hydroxylation is 1. The van der Waals surface area contributed by atoms with Gasteiger partial charge < -0.3 is 16.0 Å². The van der Waals surface area contributed by atoms with E-state index >= 15 is 0 Å². The zero-order chi connectivity index (χ0) is 20.0. The SMILES string of the molecule is Cc1ccc(NC(=O)CNC(=O)CNC(=O)c2ccc(Cl)cc2Cl)c(Cl)c1. The van der Waals surface area contributed by atoms with Crippen LogP contribution in [0.5, 0.6) is 0 Å². The van der Waals surface area contributed by atoms with Crippen LogP contribution in [0.1, 0.15) is 15.9 Å². The van der Waals surface area contributed by atoms with Gasteiger partial charge in [-0.1, -0.05) is 40.9 Å². The van der Waals surface area contributed by atoms with Crippen LogP contribution in [-0.2, 0) is 9.59 Å². The third kappa shape index (κ3) is 6.43. The maximum Gasteiger partial charge on any atom is 0.253 e. The highest BCUT2D eigenvalue weighted by Gasteiger charge is 2.13. The molecule has 0 atom stereocenters. The first-order valence-electron chi connectivity index (χ1n) is 7.82. The molecule has 0 unspecified atom stereocenters. The van der Waals surface area contributed by atoms with Crippen molar-refractivity contribution in [1.29, 1.82) is 0 Å². The van der Waals surface area contributed by atoms with Gasteiger partial charge in [-0.15, -0.1) is 0 Å². The van der Waals surface area contributed by atoms with Crippen LogP contribution in [0.15, 0.2) is 36.4 Å². The Bertz CT molecular complexity index is 887. The van der Waals surface area contributed by atoms with Crippen LogP contribution in [0, 0.1) is 6.92 Å². The number of rotatable bonds is 6. The molecule has 0 heterocycles. The summed E-state index contributed by atoms with van der Waals surface area (Å²) in [6.45, 7) is 1.31. The van der Waals surface area contributed by atoms with Crippen molar-refractivity contribution in [3.63, 3.8) is 0 Å². The van der Waals surface area contributed by atoms with E-state index in [2.05, 4.69) is 16.0 Å². The molecule has 0 saturated carbocycles. The highest BCUT2D eigenvalue weighted by molar-refractivity contribution is 6.36. The van der Waals surface area contributed by atoms with E-state index in [4.69, 9.17) is 34.8 Å². The molecule has 3 amide bonds. The molecule has 6 nitrogen and oxygen atoms in total. The molecule has 9 heteroatoms. The molecule has 2 rings (SSSR count). The van der Waals surface area contributed by atoms with Gasteiger partial charge >= 0.3 is 0 Å². The Morgan fingerprint density at radius 1 is 0.852 bits per heavy atom. The number of carbonyl (C=O) groups is 3. The van der Waals surface area contributed by atoms with Gasteiger partial charge in [0.25, 0.3) is 5.91 Å². The smallest absolute Gasteiger partial charge is 0.253 e. The van der Waals surface area contributed by atoms with Gasteiger partial charge in [0.15, 0.2) is 0 Å². The van der Waals surface area contributed by atoms with Gasteiger partial charge in [0.2, 0.25) is 11.8 Å². The molecule has 0 fully saturated rings. The van der Waals surface area contributed by atoms with E-state index in [-0.39, 0.29) is 23.7 Å². The minimum Gasteiger partial charge on any atom is -0.345 e. The van der Waals surface area contributed by atoms with E-state index in [0.29, 0.717) is 15.7 Å². The fourth-order valence-corrected chi connectivity index (χ4v) is 2.86. The van der Waals surface area contributed by atoms with Crippen LogP contribution in [0.25, 0.3) is 0 Å². The van der Waals surface area contributed by atoms with E-state index < -0.39 is 17.7 Å². The minimum atomic E-state index is -0.529. The number of hydrogen-bond donors (Lipinski definition) is 3. The van der Waals surface area contributed by atoms with Gasteiger partial charge in [-0.2, -0.15) is 0 Å². The van der Waals surface area contributed by atoms with Gasteiger partial charge in [0.1, 0.15) is 0 Å². The Kier molecular flexibility index (Phi) is 7.47. The van der Waals surface area contributed by atoms with E-state index in [1.54, 1.807) is 18.2 Å². The third-order valence-corrected chi connectivity index (χ3v) is 4.29. The van der Waals surface area contributed by atoms with Crippen LogP contribution in [0.3, 0.4) is 0 Å². The second-order valence-corrected chi connectivity index (χ2v) is 6.87. The standard InChI is InChI=1S/C18H16Cl3N3O3/c1-10-2-5-15(14(21)6-10)24-17(26)9-22-16(25)8-23-18(27)12-4-3-11(19)7-13(12)20/h2-7H,8-9H2,1H3,(H,22,25)(H,23,27)(H,24,26). The Labute approximate surface area is 171 Å². The molecule has 0 saturated heterocycles. The summed E-state index contributed by atoms with van der Waals surface area (Å²) in [7, 11) is 0. The van der Waals surface area contributed by atoms with Gasteiger partial charge in [-0.3, -0.25) is 14.4 Å². The predicted octanol–water partition coefficient (Wildman–Crippen LogP) is 3.44. The van der Waals surface area contributed by atoms with Crippen LogP contribution in [-0.4, -0.2) is 30.8 Å². The monoisotopic (exact) mass is 427 g/mol. The lowest BCUT2D eigenvalue weighted by Crippen LogP contribution is -2.40. The molecule has 2 aromatic rings. The number of hydrogen-bond acceptors (Lipinski definition) is 3. The molecule has 27 heavy (non-hydrogen) atoms. The summed E-state index contributed by atoms with van der Waals surface area (Å²) in [5, 5.41) is 8.39. The highest BCUT2D eigenvalue weighted by Crippen LogP contribution is 2.22. The first-order valence-corrected chi connectivity index (χ1v) is 8.95. The number of benzene rings is 2. The number of anilines is 1. The molecule has 0 aromatic heterocycles. The molecule has 0 bridgehead atoms. The lowest BCUT2D eigenvalue weighted by Gasteiger charge is -2.10. The molecule has 142 valence electrons. The molecular formula is C18H16Cl3N3O3. The first kappa shape index (κ1) is 21.0. The van der Waals surface area contributed by atoms with Gasteiger partial charge in [0, 0.05) is 5.02 Å². The van der Waals surface area contributed by atoms with Crippen LogP contribution < -0.4 is 16.0 Å². The predicted molar refractivity (Wildman–Crippen MR) is 107 cm³/mol. The number of carbonyl (C=O) groups excluding carboxylic acids is 3. The van der Waals surface area contributed by atoms with E-state index in [1.807, 2.05) is 6.92 Å². The summed E-state index contributed by atoms with van der Waals surface area (Å²) in [6, 6.07) is 9.59. The number of nitrogens with one attached hydrogen (secondary N) is 3. The zero-order valence-electron chi connectivity index (χ0n) is 14.2. The maximum absolute atomic E-state index is 12.0. The fraction of sp³-hybridized carbons (Fsp3) is 0.167. The lowest BCUT2D eigenvalue weighted by atomic mass is 10.2. The Morgan fingerprint density at radius 2 is 1.56 bits per heavy atom. The van der Waals surface area contributed by atoms with Gasteiger partial charge in [-0.25, -0.2) is 0 Å². The van der Waals surface area contributed by atoms with Crippen LogP contribution >= 0.6 is 34.8 Å². The molecule has 0 aliphatic carbocycles. The molecule has 0 spiro atoms. The third-order valence-electron chi connectivity index (χ3n) is 3.43. The summed E-state index contributed by atoms with van der Waals surface area (Å²) in [4.78, 5) is 35.7. The molecule has 3 N–H and O–H groups in total. The number of amides is 3. The minimum absolute atomic E-state index is 0.176. The fourth-order valence-electron chi connectivity index (χ4n) is 2.09. The zero-order valence-corrected chi connectivity index (χ0v) is 16.5. The summed E-state index contributed by atoms with van der Waals surface area (Å²) < 4.78 is 0. The highest BCUT2D eigenvalue weighted by atomic mass is 35.5. The van der Waals surface area contributed by atoms with Crippen molar-refractivity contribution in [2.75, 3.05) is 18.4 Å². The van der Waals surface area contributed by atoms with Crippen LogP contribution in [0.2, 0.25) is 15.1 Å². The second-order valence-electron chi connectivity index (χ2n) is 5.62. The van der Waals surface area contributed by atoms with Gasteiger partial charge in [0.05, 0.1) is 34.4 Å². The van der Waals surface area contributed by atoms with E-state index in [9.17, 15) is 14.4 Å². The van der Waals surface area contributed by atoms with Crippen molar-refractivity contribution in [1.82, 2.24) is 10.6 Å². The van der Waals surface area contributed by atoms with Crippen molar-refractivity contribution in [2.24, 2.45) is 0 Å². The Morgan fingerprint density at radius 3 is 2.22 bits per heavy atom. The van der Waals surface area contributed by atoms with Crippen LogP contribution in [0.4, 0.5) is 5.69 Å². The topological polar surface area (TPSA) is 87.3 Å². The summed E-state index contributed by atoms with van der Waals surface area (Å²) in [5.74, 6) is -1.50. The van der Waals surface area contributed by atoms with E-state index in [0.717, 1.165) is 5.56 Å². The molecule has 0 aliphatic heterocycles. The average molecular weight is 429 g/mol. The first-order chi connectivity index (χ1) is 12.8. The van der Waals surface area contributed by atoms with Gasteiger partial charge in [-0.05, 0) is 42.8 Å². The molecule has 2 aromatic carbocycles. The van der Waals surface area contributed by atoms with Crippen molar-refractivity contribution >= 4 is 58.2 Å². The van der Waals surface area contributed by atoms with Crippen molar-refractivity contribution in [2.45, 2.75) is 6.92 Å². The van der Waals surface area contributed by atoms with Crippen molar-refractivity contribution in [3.8, 4) is 0 Å². The Hall–Kier alpha value is -2.28. The number of halogens is 3. The maximum atomic E-state index is 12.0. The quantitative estimate of drug-likeness (QED) is 0.658. The summed E-state index contributed by atoms with van der Waals surface area (Å²) in [6.07, 6.45) is 0. The average Bonchev–Trinajstić information content (AvgIpc) is 2.60. The van der Waals surface area contributed by atoms with Crippen molar-refractivity contribution in [3.05, 3.63) is 62.6 Å². The molecule has 0 radical (unpaired) electrons. The summed E-state index contributed by atoms with van der Waals surface area (Å²) in [5.41, 5.74) is 1.61. The van der Waals surface area contributed by atoms with Crippen molar-refractivity contribution < 1.29 is 14.4 Å². The Balaban J connectivity index is 1.78. The largest absolute Gasteiger partial charge is 0.345 e. The summed E-state index contributed by atoms with van der Waals surface area (Å²) >= 11 is 17.7. The second kappa shape index (κ2) is 9.60. The molecular weight excluding hydrogens is 413 g/mol. The van der Waals surface area contributed by atoms with E-state index in [1.165, 1.54) is 18.2 Å². The molecule has 0 aliphatic rings. The normalized spacial score (nSPS) is 10.2.